The zero-order valence-corrected chi connectivity index (χ0v) is 9.09. The molecule has 2 heteroatoms. The molecular formula is C11H24O2. The molecule has 0 aromatic carbocycles. The number of aliphatic hydroxyl groups excluding tert-OH is 1. The Morgan fingerprint density at radius 2 is 1.77 bits per heavy atom. The molecule has 0 fully saturated rings. The molecule has 1 atom stereocenters. The quantitative estimate of drug-likeness (QED) is 0.564. The van der Waals surface area contributed by atoms with Crippen molar-refractivity contribution in [3.8, 4) is 0 Å². The monoisotopic (exact) mass is 188 g/mol. The van der Waals surface area contributed by atoms with Gasteiger partial charge in [-0.1, -0.05) is 32.6 Å². The third-order valence-electron chi connectivity index (χ3n) is 2.28. The Kier molecular flexibility index (Phi) is 9.94. The highest BCUT2D eigenvalue weighted by Crippen LogP contribution is 2.09. The minimum Gasteiger partial charge on any atom is -0.393 e. The second-order valence-electron chi connectivity index (χ2n) is 3.64. The van der Waals surface area contributed by atoms with E-state index in [4.69, 9.17) is 4.74 Å². The molecule has 2 nitrogen and oxygen atoms in total. The average molecular weight is 188 g/mol. The van der Waals surface area contributed by atoms with Crippen molar-refractivity contribution >= 4 is 0 Å². The van der Waals surface area contributed by atoms with E-state index in [1.165, 1.54) is 25.7 Å². The lowest BCUT2D eigenvalue weighted by Crippen LogP contribution is -2.07. The van der Waals surface area contributed by atoms with Crippen LogP contribution in [0.15, 0.2) is 0 Å². The Labute approximate surface area is 82.3 Å². The molecule has 0 aromatic heterocycles. The number of rotatable bonds is 9. The van der Waals surface area contributed by atoms with Crippen molar-refractivity contribution in [3.05, 3.63) is 0 Å². The molecule has 0 aromatic rings. The van der Waals surface area contributed by atoms with Gasteiger partial charge in [0.25, 0.3) is 0 Å². The van der Waals surface area contributed by atoms with E-state index in [0.29, 0.717) is 0 Å². The van der Waals surface area contributed by atoms with Crippen LogP contribution in [0.2, 0.25) is 0 Å². The molecule has 0 saturated carbocycles. The normalized spacial score (nSPS) is 13.2. The SMILES string of the molecule is CCCCCCC(O)CCCOC. The molecule has 0 aliphatic rings. The Morgan fingerprint density at radius 1 is 1.08 bits per heavy atom. The van der Waals surface area contributed by atoms with Gasteiger partial charge in [-0.2, -0.15) is 0 Å². The third kappa shape index (κ3) is 9.84. The fourth-order valence-electron chi connectivity index (χ4n) is 1.41. The molecule has 0 amide bonds. The first-order valence-electron chi connectivity index (χ1n) is 5.48. The fraction of sp³-hybridized carbons (Fsp3) is 1.00. The van der Waals surface area contributed by atoms with Crippen LogP contribution in [0.3, 0.4) is 0 Å². The summed E-state index contributed by atoms with van der Waals surface area (Å²) in [7, 11) is 1.70. The lowest BCUT2D eigenvalue weighted by molar-refractivity contribution is 0.126. The highest BCUT2D eigenvalue weighted by Gasteiger charge is 2.02. The first-order chi connectivity index (χ1) is 6.31. The van der Waals surface area contributed by atoms with E-state index >= 15 is 0 Å². The molecule has 1 N–H and O–H groups in total. The molecule has 0 radical (unpaired) electrons. The van der Waals surface area contributed by atoms with Crippen LogP contribution >= 0.6 is 0 Å². The topological polar surface area (TPSA) is 29.5 Å². The van der Waals surface area contributed by atoms with Gasteiger partial charge in [-0.15, -0.1) is 0 Å². The summed E-state index contributed by atoms with van der Waals surface area (Å²) in [5.41, 5.74) is 0. The summed E-state index contributed by atoms with van der Waals surface area (Å²) in [4.78, 5) is 0. The molecule has 0 bridgehead atoms. The van der Waals surface area contributed by atoms with Gasteiger partial charge in [0.15, 0.2) is 0 Å². The molecule has 0 heterocycles. The van der Waals surface area contributed by atoms with E-state index in [1.807, 2.05) is 0 Å². The van der Waals surface area contributed by atoms with E-state index in [0.717, 1.165) is 25.9 Å². The number of hydrogen-bond donors (Lipinski definition) is 1. The predicted octanol–water partition coefficient (Wildman–Crippen LogP) is 2.74. The van der Waals surface area contributed by atoms with Crippen LogP contribution in [-0.4, -0.2) is 24.9 Å². The largest absolute Gasteiger partial charge is 0.393 e. The maximum absolute atomic E-state index is 9.52. The van der Waals surface area contributed by atoms with Gasteiger partial charge >= 0.3 is 0 Å². The van der Waals surface area contributed by atoms with Crippen LogP contribution in [0.4, 0.5) is 0 Å². The van der Waals surface area contributed by atoms with Gasteiger partial charge in [-0.05, 0) is 19.3 Å². The highest BCUT2D eigenvalue weighted by molar-refractivity contribution is 4.55. The molecule has 0 aliphatic heterocycles. The van der Waals surface area contributed by atoms with Gasteiger partial charge < -0.3 is 9.84 Å². The van der Waals surface area contributed by atoms with Gasteiger partial charge in [0.2, 0.25) is 0 Å². The zero-order chi connectivity index (χ0) is 9.94. The number of unbranched alkanes of at least 4 members (excludes halogenated alkanes) is 3. The van der Waals surface area contributed by atoms with Crippen LogP contribution < -0.4 is 0 Å². The van der Waals surface area contributed by atoms with E-state index in [9.17, 15) is 5.11 Å². The lowest BCUT2D eigenvalue weighted by Gasteiger charge is -2.09. The summed E-state index contributed by atoms with van der Waals surface area (Å²) in [6, 6.07) is 0. The van der Waals surface area contributed by atoms with Crippen molar-refractivity contribution in [3.63, 3.8) is 0 Å². The average Bonchev–Trinajstić information content (AvgIpc) is 2.13. The van der Waals surface area contributed by atoms with Gasteiger partial charge in [-0.25, -0.2) is 0 Å². The Hall–Kier alpha value is -0.0800. The van der Waals surface area contributed by atoms with Crippen LogP contribution in [0, 0.1) is 0 Å². The van der Waals surface area contributed by atoms with Gasteiger partial charge in [0.05, 0.1) is 6.10 Å². The highest BCUT2D eigenvalue weighted by atomic mass is 16.5. The number of aliphatic hydroxyl groups is 1. The van der Waals surface area contributed by atoms with Crippen molar-refractivity contribution in [2.24, 2.45) is 0 Å². The van der Waals surface area contributed by atoms with Gasteiger partial charge in [0, 0.05) is 13.7 Å². The molecule has 0 saturated heterocycles. The van der Waals surface area contributed by atoms with Crippen molar-refractivity contribution in [1.29, 1.82) is 0 Å². The van der Waals surface area contributed by atoms with Crippen LogP contribution in [-0.2, 0) is 4.74 Å². The van der Waals surface area contributed by atoms with Gasteiger partial charge in [0.1, 0.15) is 0 Å². The summed E-state index contributed by atoms with van der Waals surface area (Å²) >= 11 is 0. The summed E-state index contributed by atoms with van der Waals surface area (Å²) in [5.74, 6) is 0. The van der Waals surface area contributed by atoms with Crippen molar-refractivity contribution in [1.82, 2.24) is 0 Å². The molecule has 0 spiro atoms. The predicted molar refractivity (Wildman–Crippen MR) is 55.9 cm³/mol. The van der Waals surface area contributed by atoms with E-state index in [1.54, 1.807) is 7.11 Å². The molecular weight excluding hydrogens is 164 g/mol. The van der Waals surface area contributed by atoms with Crippen LogP contribution in [0.5, 0.6) is 0 Å². The second-order valence-corrected chi connectivity index (χ2v) is 3.64. The first kappa shape index (κ1) is 12.9. The fourth-order valence-corrected chi connectivity index (χ4v) is 1.41. The molecule has 13 heavy (non-hydrogen) atoms. The van der Waals surface area contributed by atoms with Gasteiger partial charge in [-0.3, -0.25) is 0 Å². The van der Waals surface area contributed by atoms with Crippen molar-refractivity contribution in [2.45, 2.75) is 58.0 Å². The first-order valence-corrected chi connectivity index (χ1v) is 5.48. The Bertz CT molecular complexity index is 94.1. The number of ether oxygens (including phenoxy) is 1. The molecule has 0 aliphatic carbocycles. The summed E-state index contributed by atoms with van der Waals surface area (Å²) in [6.07, 6.45) is 7.71. The van der Waals surface area contributed by atoms with Crippen molar-refractivity contribution in [2.75, 3.05) is 13.7 Å². The molecule has 80 valence electrons. The second kappa shape index (κ2) is 10.0. The maximum Gasteiger partial charge on any atom is 0.0541 e. The maximum atomic E-state index is 9.52. The summed E-state index contributed by atoms with van der Waals surface area (Å²) < 4.78 is 4.92. The Morgan fingerprint density at radius 3 is 2.38 bits per heavy atom. The van der Waals surface area contributed by atoms with E-state index in [2.05, 4.69) is 6.92 Å². The lowest BCUT2D eigenvalue weighted by atomic mass is 10.1. The number of methoxy groups -OCH3 is 1. The summed E-state index contributed by atoms with van der Waals surface area (Å²) in [6.45, 7) is 2.97. The minimum atomic E-state index is -0.105. The summed E-state index contributed by atoms with van der Waals surface area (Å²) in [5, 5.41) is 9.52. The molecule has 1 unspecified atom stereocenters. The van der Waals surface area contributed by atoms with E-state index < -0.39 is 0 Å². The number of hydrogen-bond acceptors (Lipinski definition) is 2. The third-order valence-corrected chi connectivity index (χ3v) is 2.28. The Balaban J connectivity index is 3.05. The van der Waals surface area contributed by atoms with Crippen LogP contribution in [0.25, 0.3) is 0 Å². The zero-order valence-electron chi connectivity index (χ0n) is 9.09. The standard InChI is InChI=1S/C11H24O2/c1-3-4-5-6-8-11(12)9-7-10-13-2/h11-12H,3-10H2,1-2H3. The van der Waals surface area contributed by atoms with Crippen molar-refractivity contribution < 1.29 is 9.84 Å². The van der Waals surface area contributed by atoms with Crippen LogP contribution in [0.1, 0.15) is 51.9 Å². The molecule has 0 rings (SSSR count). The minimum absolute atomic E-state index is 0.105. The smallest absolute Gasteiger partial charge is 0.0541 e. The van der Waals surface area contributed by atoms with E-state index in [-0.39, 0.29) is 6.10 Å².